The van der Waals surface area contributed by atoms with E-state index in [4.69, 9.17) is 0 Å². The second-order valence-electron chi connectivity index (χ2n) is 6.52. The maximum absolute atomic E-state index is 12.8. The van der Waals surface area contributed by atoms with Crippen LogP contribution in [0.25, 0.3) is 0 Å². The van der Waals surface area contributed by atoms with Crippen molar-refractivity contribution < 1.29 is 62.2 Å². The van der Waals surface area contributed by atoms with E-state index in [0.717, 1.165) is 16.7 Å². The van der Waals surface area contributed by atoms with Gasteiger partial charge in [0, 0.05) is 30.6 Å². The summed E-state index contributed by atoms with van der Waals surface area (Å²) in [6.45, 7) is -0.278. The Bertz CT molecular complexity index is 898. The first-order valence-corrected chi connectivity index (χ1v) is 9.25. The average Bonchev–Trinajstić information content (AvgIpc) is 2.97. The fourth-order valence-corrected chi connectivity index (χ4v) is 4.97. The number of carboxylic acid groups (broad SMARTS) is 1. The first-order chi connectivity index (χ1) is 13.2. The summed E-state index contributed by atoms with van der Waals surface area (Å²) in [5.41, 5.74) is 0.0819. The Hall–Kier alpha value is -1.63. The van der Waals surface area contributed by atoms with E-state index in [1.165, 1.54) is 12.4 Å². The zero-order valence-electron chi connectivity index (χ0n) is 15.0. The van der Waals surface area contributed by atoms with Crippen LogP contribution >= 0.6 is 11.8 Å². The monoisotopic (exact) mass is 436 g/mol. The number of halogens is 3. The van der Waals surface area contributed by atoms with Gasteiger partial charge in [0.1, 0.15) is 6.04 Å². The Balaban J connectivity index is 0.00000240. The minimum Gasteiger partial charge on any atom is -0.543 e. The summed E-state index contributed by atoms with van der Waals surface area (Å²) in [4.78, 5) is 45.3. The van der Waals surface area contributed by atoms with E-state index in [-0.39, 0.29) is 54.0 Å². The minimum absolute atomic E-state index is 0. The average molecular weight is 436 g/mol. The molecular weight excluding hydrogens is 424 g/mol. The maximum atomic E-state index is 12.8. The van der Waals surface area contributed by atoms with Crippen LogP contribution in [0.3, 0.4) is 0 Å². The number of amides is 2. The van der Waals surface area contributed by atoms with Crippen molar-refractivity contribution in [1.29, 1.82) is 0 Å². The number of carboxylic acids is 1. The van der Waals surface area contributed by atoms with Gasteiger partial charge in [0.2, 0.25) is 0 Å². The molecule has 3 aliphatic heterocycles. The quantitative estimate of drug-likeness (QED) is 0.210. The third-order valence-electron chi connectivity index (χ3n) is 5.13. The number of carbonyl (C=O) groups is 3. The molecular formula is C16H12F3N4NaO4S. The van der Waals surface area contributed by atoms with Crippen molar-refractivity contribution in [3.63, 3.8) is 0 Å². The van der Waals surface area contributed by atoms with Gasteiger partial charge in [-0.3, -0.25) is 9.59 Å². The van der Waals surface area contributed by atoms with E-state index in [2.05, 4.69) is 9.97 Å². The van der Waals surface area contributed by atoms with E-state index >= 15 is 0 Å². The second-order valence-corrected chi connectivity index (χ2v) is 7.46. The molecule has 2 fully saturated rings. The molecule has 8 nitrogen and oxygen atoms in total. The molecule has 4 heterocycles. The number of alkyl halides is 3. The number of nitrogens with zero attached hydrogens (tertiary/aromatic N) is 4. The third kappa shape index (κ3) is 3.56. The third-order valence-corrected chi connectivity index (χ3v) is 6.05. The van der Waals surface area contributed by atoms with Crippen LogP contribution < -0.4 is 34.7 Å². The number of hydrogen-bond donors (Lipinski definition) is 0. The summed E-state index contributed by atoms with van der Waals surface area (Å²) < 4.78 is 38.5. The van der Waals surface area contributed by atoms with Gasteiger partial charge in [-0.2, -0.15) is 13.2 Å². The molecule has 13 heteroatoms. The molecule has 3 atom stereocenters. The molecule has 0 saturated carbocycles. The van der Waals surface area contributed by atoms with Crippen LogP contribution in [0.2, 0.25) is 0 Å². The normalized spacial score (nSPS) is 25.3. The van der Waals surface area contributed by atoms with Crippen LogP contribution in [-0.4, -0.2) is 68.1 Å². The molecule has 0 spiro atoms. The van der Waals surface area contributed by atoms with E-state index in [1.807, 2.05) is 0 Å². The molecule has 0 bridgehead atoms. The molecule has 3 aliphatic rings. The Morgan fingerprint density at radius 2 is 1.93 bits per heavy atom. The maximum Gasteiger partial charge on any atom is 1.00 e. The van der Waals surface area contributed by atoms with Crippen molar-refractivity contribution in [2.75, 3.05) is 12.3 Å². The molecule has 0 N–H and O–H groups in total. The van der Waals surface area contributed by atoms with Gasteiger partial charge in [0.05, 0.1) is 17.7 Å². The molecule has 1 aromatic rings. The first-order valence-electron chi connectivity index (χ1n) is 8.27. The fourth-order valence-electron chi connectivity index (χ4n) is 4.07. The second kappa shape index (κ2) is 7.89. The molecule has 2 amide bonds. The van der Waals surface area contributed by atoms with Gasteiger partial charge >= 0.3 is 41.6 Å². The van der Waals surface area contributed by atoms with Crippen molar-refractivity contribution in [2.45, 2.75) is 29.8 Å². The number of thioether (sulfide) groups is 1. The van der Waals surface area contributed by atoms with Crippen LogP contribution in [0.5, 0.6) is 0 Å². The van der Waals surface area contributed by atoms with Gasteiger partial charge in [-0.1, -0.05) is 11.8 Å². The molecule has 0 aliphatic carbocycles. The molecule has 0 aromatic carbocycles. The SMILES string of the molecule is O=C([O-])C1=C(CSc2ncccn2)C2CCN(C(=O)C(F)(F)F)[C@@H]3C(=O)N1[C@H]23.[Na+]. The van der Waals surface area contributed by atoms with Gasteiger partial charge in [-0.25, -0.2) is 9.97 Å². The number of likely N-dealkylation sites (tertiary alicyclic amines) is 1. The van der Waals surface area contributed by atoms with Gasteiger partial charge in [0.25, 0.3) is 5.91 Å². The Morgan fingerprint density at radius 1 is 1.28 bits per heavy atom. The van der Waals surface area contributed by atoms with Crippen molar-refractivity contribution >= 4 is 29.5 Å². The topological polar surface area (TPSA) is 107 Å². The molecule has 0 radical (unpaired) electrons. The minimum atomic E-state index is -5.10. The number of carbonyl (C=O) groups excluding carboxylic acids is 3. The van der Waals surface area contributed by atoms with E-state index in [1.54, 1.807) is 6.07 Å². The van der Waals surface area contributed by atoms with E-state index in [9.17, 15) is 32.7 Å². The largest absolute Gasteiger partial charge is 1.00 e. The van der Waals surface area contributed by atoms with Gasteiger partial charge in [-0.05, 0) is 18.1 Å². The van der Waals surface area contributed by atoms with Crippen LogP contribution in [0.1, 0.15) is 6.42 Å². The summed E-state index contributed by atoms with van der Waals surface area (Å²) in [5.74, 6) is -4.79. The van der Waals surface area contributed by atoms with E-state index < -0.39 is 42.0 Å². The fraction of sp³-hybridized carbons (Fsp3) is 0.438. The first kappa shape index (κ1) is 22.1. The van der Waals surface area contributed by atoms with Gasteiger partial charge in [-0.15, -0.1) is 0 Å². The number of aromatic nitrogens is 2. The smallest absolute Gasteiger partial charge is 0.543 e. The summed E-state index contributed by atoms with van der Waals surface area (Å²) >= 11 is 1.16. The number of aliphatic carboxylic acids is 1. The Labute approximate surface area is 188 Å². The Kier molecular flexibility index (Phi) is 6.01. The molecule has 1 aromatic heterocycles. The standard InChI is InChI=1S/C16H13F3N4O4S.Na/c17-16(18,19)14(27)22-5-2-7-8(6-28-15-20-3-1-4-21-15)10(13(25)26)23-9(7)11(22)12(23)24;/h1,3-4,7,9,11H,2,5-6H2,(H,25,26);/q;+1/p-1/t7?,9-,11+;/m1./s1. The molecule has 29 heavy (non-hydrogen) atoms. The zero-order chi connectivity index (χ0) is 20.2. The summed E-state index contributed by atoms with van der Waals surface area (Å²) in [7, 11) is 0. The van der Waals surface area contributed by atoms with Crippen molar-refractivity contribution in [2.24, 2.45) is 5.92 Å². The number of rotatable bonds is 4. The van der Waals surface area contributed by atoms with Crippen molar-refractivity contribution in [3.05, 3.63) is 29.7 Å². The molecule has 148 valence electrons. The summed E-state index contributed by atoms with van der Waals surface area (Å²) in [5, 5.41) is 12.1. The van der Waals surface area contributed by atoms with Crippen LogP contribution in [0.15, 0.2) is 34.9 Å². The van der Waals surface area contributed by atoms with Crippen LogP contribution in [-0.2, 0) is 14.4 Å². The summed E-state index contributed by atoms with van der Waals surface area (Å²) in [6.07, 6.45) is -1.94. The Morgan fingerprint density at radius 3 is 2.52 bits per heavy atom. The predicted octanol–water partition coefficient (Wildman–Crippen LogP) is -3.42. The van der Waals surface area contributed by atoms with E-state index in [0.29, 0.717) is 15.6 Å². The molecule has 1 unspecified atom stereocenters. The van der Waals surface area contributed by atoms with Crippen molar-refractivity contribution in [3.8, 4) is 0 Å². The number of hydrogen-bond acceptors (Lipinski definition) is 7. The van der Waals surface area contributed by atoms with Crippen LogP contribution in [0.4, 0.5) is 13.2 Å². The zero-order valence-corrected chi connectivity index (χ0v) is 17.9. The number of β-lactam (4-membered cyclic amide) rings is 1. The van der Waals surface area contributed by atoms with Crippen LogP contribution in [0, 0.1) is 5.92 Å². The molecule has 2 saturated heterocycles. The summed E-state index contributed by atoms with van der Waals surface area (Å²) in [6, 6.07) is -0.501. The van der Waals surface area contributed by atoms with Gasteiger partial charge in [0.15, 0.2) is 5.16 Å². The number of piperidine rings is 1. The van der Waals surface area contributed by atoms with Crippen molar-refractivity contribution in [1.82, 2.24) is 19.8 Å². The van der Waals surface area contributed by atoms with Gasteiger partial charge < -0.3 is 19.7 Å². The predicted molar refractivity (Wildman–Crippen MR) is 85.1 cm³/mol. The molecule has 4 rings (SSSR count).